The van der Waals surface area contributed by atoms with Crippen LogP contribution in [0.2, 0.25) is 5.02 Å². The van der Waals surface area contributed by atoms with Crippen LogP contribution in [0.25, 0.3) is 0 Å². The van der Waals surface area contributed by atoms with Crippen molar-refractivity contribution in [3.63, 3.8) is 0 Å². The summed E-state index contributed by atoms with van der Waals surface area (Å²) < 4.78 is 17.7. The molecular formula is C24H23ClO5. The van der Waals surface area contributed by atoms with Crippen LogP contribution in [0, 0.1) is 0 Å². The first-order valence-electron chi connectivity index (χ1n) is 9.62. The van der Waals surface area contributed by atoms with Crippen molar-refractivity contribution in [3.8, 4) is 23.0 Å². The minimum absolute atomic E-state index is 0.0303. The monoisotopic (exact) mass is 426 g/mol. The molecule has 5 nitrogen and oxygen atoms in total. The lowest BCUT2D eigenvalue weighted by molar-refractivity contribution is -0.136. The first kappa shape index (κ1) is 21.5. The van der Waals surface area contributed by atoms with Crippen LogP contribution in [0.3, 0.4) is 0 Å². The molecule has 0 spiro atoms. The number of aliphatic carboxylic acids is 1. The normalized spacial score (nSPS) is 11.5. The summed E-state index contributed by atoms with van der Waals surface area (Å²) in [7, 11) is 0. The minimum Gasteiger partial charge on any atom is -0.493 e. The number of hydrogen-bond donors (Lipinski definition) is 1. The van der Waals surface area contributed by atoms with E-state index < -0.39 is 5.97 Å². The summed E-state index contributed by atoms with van der Waals surface area (Å²) in [6.45, 7) is 2.38. The van der Waals surface area contributed by atoms with Crippen LogP contribution in [0.5, 0.6) is 23.0 Å². The third-order valence-electron chi connectivity index (χ3n) is 4.25. The Morgan fingerprint density at radius 3 is 2.50 bits per heavy atom. The molecule has 0 bridgehead atoms. The number of para-hydroxylation sites is 1. The maximum atomic E-state index is 10.8. The molecule has 1 unspecified atom stereocenters. The number of benzene rings is 3. The number of carboxylic acids is 1. The topological polar surface area (TPSA) is 65.0 Å². The van der Waals surface area contributed by atoms with Crippen molar-refractivity contribution in [1.29, 1.82) is 0 Å². The third kappa shape index (κ3) is 6.71. The summed E-state index contributed by atoms with van der Waals surface area (Å²) in [5.74, 6) is 1.61. The summed E-state index contributed by atoms with van der Waals surface area (Å²) in [4.78, 5) is 10.8. The highest BCUT2D eigenvalue weighted by molar-refractivity contribution is 6.30. The Hall–Kier alpha value is -3.18. The first-order valence-corrected chi connectivity index (χ1v) is 10.00. The van der Waals surface area contributed by atoms with Crippen LogP contribution >= 0.6 is 11.6 Å². The molecule has 3 aromatic carbocycles. The van der Waals surface area contributed by atoms with Gasteiger partial charge in [-0.15, -0.1) is 0 Å². The van der Waals surface area contributed by atoms with E-state index in [4.69, 9.17) is 30.9 Å². The van der Waals surface area contributed by atoms with Crippen LogP contribution < -0.4 is 14.2 Å². The van der Waals surface area contributed by atoms with Gasteiger partial charge in [0.25, 0.3) is 0 Å². The molecule has 0 fully saturated rings. The zero-order valence-electron chi connectivity index (χ0n) is 16.6. The summed E-state index contributed by atoms with van der Waals surface area (Å²) >= 11 is 6.12. The lowest BCUT2D eigenvalue weighted by Crippen LogP contribution is -2.16. The zero-order chi connectivity index (χ0) is 21.3. The predicted molar refractivity (Wildman–Crippen MR) is 116 cm³/mol. The fourth-order valence-electron chi connectivity index (χ4n) is 2.81. The first-order chi connectivity index (χ1) is 14.5. The number of rotatable bonds is 10. The molecule has 0 saturated carbocycles. The van der Waals surface area contributed by atoms with E-state index in [-0.39, 0.29) is 12.5 Å². The van der Waals surface area contributed by atoms with E-state index in [1.165, 1.54) is 0 Å². The minimum atomic E-state index is -0.870. The van der Waals surface area contributed by atoms with E-state index in [0.717, 1.165) is 0 Å². The number of carboxylic acid groups (broad SMARTS) is 1. The summed E-state index contributed by atoms with van der Waals surface area (Å²) in [6, 6.07) is 21.8. The van der Waals surface area contributed by atoms with Crippen molar-refractivity contribution in [2.75, 3.05) is 6.61 Å². The highest BCUT2D eigenvalue weighted by Crippen LogP contribution is 2.35. The average molecular weight is 427 g/mol. The molecule has 156 valence electrons. The van der Waals surface area contributed by atoms with Gasteiger partial charge in [-0.05, 0) is 48.9 Å². The fourth-order valence-corrected chi connectivity index (χ4v) is 2.97. The largest absolute Gasteiger partial charge is 0.493 e. The van der Waals surface area contributed by atoms with Crippen LogP contribution in [-0.4, -0.2) is 23.8 Å². The van der Waals surface area contributed by atoms with Crippen LogP contribution in [-0.2, 0) is 11.2 Å². The van der Waals surface area contributed by atoms with Crippen molar-refractivity contribution >= 4 is 17.6 Å². The molecule has 0 radical (unpaired) electrons. The third-order valence-corrected chi connectivity index (χ3v) is 4.49. The summed E-state index contributed by atoms with van der Waals surface area (Å²) in [5, 5.41) is 9.46. The Kier molecular flexibility index (Phi) is 7.57. The fraction of sp³-hybridized carbons (Fsp3) is 0.208. The van der Waals surface area contributed by atoms with Gasteiger partial charge in [0.05, 0.1) is 19.1 Å². The molecule has 3 rings (SSSR count). The van der Waals surface area contributed by atoms with Gasteiger partial charge in [-0.25, -0.2) is 0 Å². The van der Waals surface area contributed by atoms with Gasteiger partial charge in [0.2, 0.25) is 0 Å². The van der Waals surface area contributed by atoms with Gasteiger partial charge in [0.15, 0.2) is 11.5 Å². The molecule has 30 heavy (non-hydrogen) atoms. The van der Waals surface area contributed by atoms with Crippen LogP contribution in [0.4, 0.5) is 0 Å². The smallest absolute Gasteiger partial charge is 0.307 e. The summed E-state index contributed by atoms with van der Waals surface area (Å²) in [5.41, 5.74) is 0.702. The van der Waals surface area contributed by atoms with Crippen molar-refractivity contribution in [3.05, 3.63) is 83.4 Å². The highest BCUT2D eigenvalue weighted by Gasteiger charge is 2.12. The lowest BCUT2D eigenvalue weighted by Gasteiger charge is -2.18. The molecule has 0 heterocycles. The van der Waals surface area contributed by atoms with Crippen molar-refractivity contribution in [2.24, 2.45) is 0 Å². The molecule has 0 aliphatic heterocycles. The van der Waals surface area contributed by atoms with E-state index in [1.807, 2.05) is 43.3 Å². The maximum Gasteiger partial charge on any atom is 0.307 e. The van der Waals surface area contributed by atoms with Gasteiger partial charge in [-0.2, -0.15) is 0 Å². The number of halogens is 1. The Bertz CT molecular complexity index is 974. The van der Waals surface area contributed by atoms with Crippen molar-refractivity contribution in [2.45, 2.75) is 25.9 Å². The zero-order valence-corrected chi connectivity index (χ0v) is 17.3. The van der Waals surface area contributed by atoms with E-state index >= 15 is 0 Å². The second-order valence-corrected chi connectivity index (χ2v) is 7.23. The van der Waals surface area contributed by atoms with Gasteiger partial charge >= 0.3 is 5.97 Å². The van der Waals surface area contributed by atoms with Crippen LogP contribution in [0.1, 0.15) is 18.9 Å². The highest BCUT2D eigenvalue weighted by atomic mass is 35.5. The Morgan fingerprint density at radius 2 is 1.73 bits per heavy atom. The van der Waals surface area contributed by atoms with E-state index in [1.54, 1.807) is 36.4 Å². The molecule has 0 amide bonds. The molecule has 6 heteroatoms. The van der Waals surface area contributed by atoms with Gasteiger partial charge in [-0.1, -0.05) is 41.9 Å². The number of ether oxygens (including phenoxy) is 3. The summed E-state index contributed by atoms with van der Waals surface area (Å²) in [6.07, 6.45) is 0.472. The molecule has 0 aliphatic carbocycles. The predicted octanol–water partition coefficient (Wildman–Crippen LogP) is 6.00. The van der Waals surface area contributed by atoms with Crippen LogP contribution in [0.15, 0.2) is 72.8 Å². The molecular weight excluding hydrogens is 404 g/mol. The Balaban J connectivity index is 1.56. The lowest BCUT2D eigenvalue weighted by atomic mass is 10.1. The molecule has 1 N–H and O–H groups in total. The maximum absolute atomic E-state index is 10.8. The van der Waals surface area contributed by atoms with E-state index in [0.29, 0.717) is 46.6 Å². The van der Waals surface area contributed by atoms with E-state index in [9.17, 15) is 4.79 Å². The van der Waals surface area contributed by atoms with Gasteiger partial charge < -0.3 is 19.3 Å². The molecule has 0 aromatic heterocycles. The van der Waals surface area contributed by atoms with E-state index in [2.05, 4.69) is 0 Å². The number of hydrogen-bond acceptors (Lipinski definition) is 4. The molecule has 1 atom stereocenters. The molecule has 3 aromatic rings. The van der Waals surface area contributed by atoms with Gasteiger partial charge in [-0.3, -0.25) is 4.79 Å². The second kappa shape index (κ2) is 10.6. The SMILES string of the molecule is CC(CCOc1cccc(CC(=O)O)c1)Oc1ccc(Cl)cc1Oc1ccccc1. The standard InChI is InChI=1S/C24H23ClO5/c1-17(12-13-28-21-9-5-6-18(14-21)15-24(26)27)29-22-11-10-19(25)16-23(22)30-20-7-3-2-4-8-20/h2-11,14,16-17H,12-13,15H2,1H3,(H,26,27). The average Bonchev–Trinajstić information content (AvgIpc) is 2.71. The quantitative estimate of drug-likeness (QED) is 0.431. The van der Waals surface area contributed by atoms with Crippen molar-refractivity contribution in [1.82, 2.24) is 0 Å². The molecule has 0 saturated heterocycles. The van der Waals surface area contributed by atoms with Gasteiger partial charge in [0.1, 0.15) is 11.5 Å². The van der Waals surface area contributed by atoms with Gasteiger partial charge in [0, 0.05) is 17.5 Å². The second-order valence-electron chi connectivity index (χ2n) is 6.79. The Labute approximate surface area is 180 Å². The molecule has 0 aliphatic rings. The Morgan fingerprint density at radius 1 is 0.967 bits per heavy atom. The number of carbonyl (C=O) groups is 1. The van der Waals surface area contributed by atoms with Crippen molar-refractivity contribution < 1.29 is 24.1 Å².